The Hall–Kier alpha value is -1.32. The standard InChI is InChI=1S/C8H14N2O2/c1-3-5-6(4-2)10-8(12)7(9)11/h4H,3,5H2,1-2H3,(H2,9,11)(H,10,12)/b6-4-. The molecule has 0 bridgehead atoms. The number of allylic oxidation sites excluding steroid dienone is 2. The lowest BCUT2D eigenvalue weighted by Crippen LogP contribution is -2.35. The molecule has 0 aromatic rings. The maximum Gasteiger partial charge on any atom is 0.313 e. The fourth-order valence-corrected chi connectivity index (χ4v) is 0.756. The SMILES string of the molecule is C/C=C(/CCC)NC(=O)C(N)=O. The van der Waals surface area contributed by atoms with Gasteiger partial charge in [-0.1, -0.05) is 19.4 Å². The molecule has 0 aliphatic heterocycles. The number of nitrogens with one attached hydrogen (secondary N) is 1. The Bertz CT molecular complexity index is 209. The molecular formula is C8H14N2O2. The minimum Gasteiger partial charge on any atom is -0.361 e. The summed E-state index contributed by atoms with van der Waals surface area (Å²) in [5, 5.41) is 2.41. The second-order valence-corrected chi connectivity index (χ2v) is 2.38. The third-order valence-electron chi connectivity index (χ3n) is 1.37. The Balaban J connectivity index is 4.04. The highest BCUT2D eigenvalue weighted by Gasteiger charge is 2.08. The number of hydrogen-bond acceptors (Lipinski definition) is 2. The zero-order valence-corrected chi connectivity index (χ0v) is 7.39. The van der Waals surface area contributed by atoms with Gasteiger partial charge in [-0.05, 0) is 13.3 Å². The van der Waals surface area contributed by atoms with E-state index in [2.05, 4.69) is 5.32 Å². The van der Waals surface area contributed by atoms with Crippen molar-refractivity contribution in [2.75, 3.05) is 0 Å². The lowest BCUT2D eigenvalue weighted by Gasteiger charge is -2.05. The summed E-state index contributed by atoms with van der Waals surface area (Å²) in [5.74, 6) is -1.71. The normalized spacial score (nSPS) is 11.0. The van der Waals surface area contributed by atoms with Crippen molar-refractivity contribution in [1.82, 2.24) is 5.32 Å². The Morgan fingerprint density at radius 3 is 2.42 bits per heavy atom. The number of nitrogens with two attached hydrogens (primary N) is 1. The van der Waals surface area contributed by atoms with E-state index in [4.69, 9.17) is 5.73 Å². The number of rotatable bonds is 3. The summed E-state index contributed by atoms with van der Waals surface area (Å²) in [6.07, 6.45) is 3.42. The highest BCUT2D eigenvalue weighted by molar-refractivity contribution is 6.34. The molecule has 2 amide bonds. The summed E-state index contributed by atoms with van der Waals surface area (Å²) < 4.78 is 0. The van der Waals surface area contributed by atoms with Crippen LogP contribution in [0, 0.1) is 0 Å². The van der Waals surface area contributed by atoms with Gasteiger partial charge in [0.15, 0.2) is 0 Å². The van der Waals surface area contributed by atoms with E-state index in [1.165, 1.54) is 0 Å². The fraction of sp³-hybridized carbons (Fsp3) is 0.500. The monoisotopic (exact) mass is 170 g/mol. The molecule has 4 nitrogen and oxygen atoms in total. The Kier molecular flexibility index (Phi) is 4.76. The van der Waals surface area contributed by atoms with Gasteiger partial charge in [0.2, 0.25) is 0 Å². The third kappa shape index (κ3) is 3.75. The zero-order chi connectivity index (χ0) is 9.56. The van der Waals surface area contributed by atoms with Gasteiger partial charge in [0.25, 0.3) is 0 Å². The van der Waals surface area contributed by atoms with Crippen LogP contribution in [-0.2, 0) is 9.59 Å². The molecule has 0 radical (unpaired) electrons. The lowest BCUT2D eigenvalue weighted by atomic mass is 10.2. The van der Waals surface area contributed by atoms with Gasteiger partial charge in [0, 0.05) is 5.70 Å². The summed E-state index contributed by atoms with van der Waals surface area (Å²) in [6, 6.07) is 0. The van der Waals surface area contributed by atoms with Gasteiger partial charge in [-0.15, -0.1) is 0 Å². The van der Waals surface area contributed by atoms with E-state index in [0.717, 1.165) is 18.5 Å². The minimum absolute atomic E-state index is 0.737. The molecule has 0 saturated heterocycles. The second-order valence-electron chi connectivity index (χ2n) is 2.38. The quantitative estimate of drug-likeness (QED) is 0.597. The van der Waals surface area contributed by atoms with Crippen LogP contribution < -0.4 is 11.1 Å². The van der Waals surface area contributed by atoms with E-state index in [-0.39, 0.29) is 0 Å². The Labute approximate surface area is 71.8 Å². The molecule has 0 spiro atoms. The summed E-state index contributed by atoms with van der Waals surface area (Å²) in [6.45, 7) is 3.78. The van der Waals surface area contributed by atoms with E-state index in [9.17, 15) is 9.59 Å². The third-order valence-corrected chi connectivity index (χ3v) is 1.37. The summed E-state index contributed by atoms with van der Waals surface area (Å²) >= 11 is 0. The van der Waals surface area contributed by atoms with E-state index < -0.39 is 11.8 Å². The van der Waals surface area contributed by atoms with Crippen LogP contribution in [0.3, 0.4) is 0 Å². The number of carbonyl (C=O) groups is 2. The molecule has 0 aromatic carbocycles. The van der Waals surface area contributed by atoms with Crippen molar-refractivity contribution < 1.29 is 9.59 Å². The average Bonchev–Trinajstić information content (AvgIpc) is 2.03. The van der Waals surface area contributed by atoms with Crippen molar-refractivity contribution in [1.29, 1.82) is 0 Å². The van der Waals surface area contributed by atoms with Crippen LogP contribution in [0.1, 0.15) is 26.7 Å². The van der Waals surface area contributed by atoms with Gasteiger partial charge in [-0.2, -0.15) is 0 Å². The van der Waals surface area contributed by atoms with E-state index in [1.807, 2.05) is 6.92 Å². The van der Waals surface area contributed by atoms with Gasteiger partial charge in [0.1, 0.15) is 0 Å². The first-order chi connectivity index (χ1) is 5.61. The van der Waals surface area contributed by atoms with Crippen LogP contribution in [0.25, 0.3) is 0 Å². The van der Waals surface area contributed by atoms with Crippen molar-refractivity contribution in [3.05, 3.63) is 11.8 Å². The fourth-order valence-electron chi connectivity index (χ4n) is 0.756. The molecule has 0 unspecified atom stereocenters. The first-order valence-electron chi connectivity index (χ1n) is 3.87. The topological polar surface area (TPSA) is 72.2 Å². The van der Waals surface area contributed by atoms with Crippen LogP contribution in [0.4, 0.5) is 0 Å². The van der Waals surface area contributed by atoms with E-state index in [1.54, 1.807) is 13.0 Å². The summed E-state index contributed by atoms with van der Waals surface area (Å²) in [7, 11) is 0. The largest absolute Gasteiger partial charge is 0.361 e. The van der Waals surface area contributed by atoms with Crippen molar-refractivity contribution in [3.63, 3.8) is 0 Å². The van der Waals surface area contributed by atoms with Crippen molar-refractivity contribution >= 4 is 11.8 Å². The van der Waals surface area contributed by atoms with Gasteiger partial charge in [0.05, 0.1) is 0 Å². The molecule has 0 heterocycles. The van der Waals surface area contributed by atoms with Crippen LogP contribution in [0.5, 0.6) is 0 Å². The molecule has 68 valence electrons. The first-order valence-corrected chi connectivity index (χ1v) is 3.87. The maximum atomic E-state index is 10.8. The lowest BCUT2D eigenvalue weighted by molar-refractivity contribution is -0.136. The number of carbonyl (C=O) groups excluding carboxylic acids is 2. The molecule has 0 fully saturated rings. The predicted octanol–water partition coefficient (Wildman–Crippen LogP) is 0.292. The molecule has 0 aliphatic carbocycles. The highest BCUT2D eigenvalue weighted by Crippen LogP contribution is 1.99. The van der Waals surface area contributed by atoms with Gasteiger partial charge >= 0.3 is 11.8 Å². The molecule has 0 rings (SSSR count). The Morgan fingerprint density at radius 1 is 1.50 bits per heavy atom. The summed E-state index contributed by atoms with van der Waals surface area (Å²) in [4.78, 5) is 21.1. The van der Waals surface area contributed by atoms with Crippen LogP contribution in [-0.4, -0.2) is 11.8 Å². The summed E-state index contributed by atoms with van der Waals surface area (Å²) in [5.41, 5.74) is 5.49. The smallest absolute Gasteiger partial charge is 0.313 e. The first kappa shape index (κ1) is 10.7. The maximum absolute atomic E-state index is 10.8. The number of primary amides is 1. The van der Waals surface area contributed by atoms with Crippen LogP contribution >= 0.6 is 0 Å². The van der Waals surface area contributed by atoms with Crippen molar-refractivity contribution in [3.8, 4) is 0 Å². The predicted molar refractivity (Wildman–Crippen MR) is 46.0 cm³/mol. The molecular weight excluding hydrogens is 156 g/mol. The van der Waals surface area contributed by atoms with Crippen LogP contribution in [0.2, 0.25) is 0 Å². The number of amides is 2. The molecule has 4 heteroatoms. The zero-order valence-electron chi connectivity index (χ0n) is 7.39. The highest BCUT2D eigenvalue weighted by atomic mass is 16.2. The van der Waals surface area contributed by atoms with Crippen molar-refractivity contribution in [2.24, 2.45) is 5.73 Å². The van der Waals surface area contributed by atoms with E-state index in [0.29, 0.717) is 0 Å². The van der Waals surface area contributed by atoms with Crippen LogP contribution in [0.15, 0.2) is 11.8 Å². The number of hydrogen-bond donors (Lipinski definition) is 2. The Morgan fingerprint density at radius 2 is 2.08 bits per heavy atom. The molecule has 0 aliphatic rings. The second kappa shape index (κ2) is 5.35. The van der Waals surface area contributed by atoms with E-state index >= 15 is 0 Å². The molecule has 0 saturated carbocycles. The molecule has 0 aromatic heterocycles. The van der Waals surface area contributed by atoms with Gasteiger partial charge in [-0.25, -0.2) is 0 Å². The molecule has 12 heavy (non-hydrogen) atoms. The van der Waals surface area contributed by atoms with Gasteiger partial charge < -0.3 is 11.1 Å². The van der Waals surface area contributed by atoms with Crippen molar-refractivity contribution in [2.45, 2.75) is 26.7 Å². The minimum atomic E-state index is -0.953. The average molecular weight is 170 g/mol. The molecule has 0 atom stereocenters. The van der Waals surface area contributed by atoms with Gasteiger partial charge in [-0.3, -0.25) is 9.59 Å². The molecule has 3 N–H and O–H groups in total.